The Balaban J connectivity index is 1.43. The van der Waals surface area contributed by atoms with Crippen molar-refractivity contribution in [3.8, 4) is 28.6 Å². The molecule has 1 aromatic heterocycles. The number of carbonyl (C=O) groups excluding carboxylic acids is 1. The van der Waals surface area contributed by atoms with E-state index in [1.165, 1.54) is 18.2 Å². The first-order valence-electron chi connectivity index (χ1n) is 11.1. The van der Waals surface area contributed by atoms with Crippen LogP contribution in [-0.2, 0) is 4.79 Å². The van der Waals surface area contributed by atoms with Crippen molar-refractivity contribution in [2.75, 3.05) is 19.1 Å². The van der Waals surface area contributed by atoms with Crippen molar-refractivity contribution in [2.45, 2.75) is 43.8 Å². The quantitative estimate of drug-likeness (QED) is 0.514. The molecule has 0 aliphatic carbocycles. The molecule has 0 saturated carbocycles. The summed E-state index contributed by atoms with van der Waals surface area (Å²) >= 11 is 1.44. The third-order valence-electron chi connectivity index (χ3n) is 6.02. The number of thioether (sulfide) groups is 1. The van der Waals surface area contributed by atoms with E-state index in [0.29, 0.717) is 28.5 Å². The maximum Gasteiger partial charge on any atom is 0.233 e. The van der Waals surface area contributed by atoms with Gasteiger partial charge in [0, 0.05) is 23.8 Å². The van der Waals surface area contributed by atoms with Crippen LogP contribution in [0, 0.1) is 0 Å². The van der Waals surface area contributed by atoms with Gasteiger partial charge in [0.2, 0.25) is 12.7 Å². The van der Waals surface area contributed by atoms with E-state index in [4.69, 9.17) is 9.47 Å². The Morgan fingerprint density at radius 3 is 2.78 bits per heavy atom. The second kappa shape index (κ2) is 9.24. The average molecular weight is 451 g/mol. The predicted molar refractivity (Wildman–Crippen MR) is 123 cm³/mol. The van der Waals surface area contributed by atoms with E-state index < -0.39 is 0 Å². The summed E-state index contributed by atoms with van der Waals surface area (Å²) < 4.78 is 13.0. The van der Waals surface area contributed by atoms with Gasteiger partial charge in [-0.15, -0.1) is 10.2 Å². The maximum atomic E-state index is 13.0. The lowest BCUT2D eigenvalue weighted by Gasteiger charge is -2.35. The fourth-order valence-corrected chi connectivity index (χ4v) is 5.20. The monoisotopic (exact) mass is 450 g/mol. The second-order valence-corrected chi connectivity index (χ2v) is 8.92. The number of piperidine rings is 1. The number of aromatic nitrogens is 3. The van der Waals surface area contributed by atoms with Crippen molar-refractivity contribution in [1.82, 2.24) is 19.7 Å². The van der Waals surface area contributed by atoms with Gasteiger partial charge in [0.15, 0.2) is 22.5 Å². The summed E-state index contributed by atoms with van der Waals surface area (Å²) in [6, 6.07) is 16.1. The van der Waals surface area contributed by atoms with E-state index in [1.54, 1.807) is 0 Å². The molecule has 3 heterocycles. The van der Waals surface area contributed by atoms with Gasteiger partial charge in [0.1, 0.15) is 0 Å². The lowest BCUT2D eigenvalue weighted by atomic mass is 10.0. The number of rotatable bonds is 6. The van der Waals surface area contributed by atoms with Crippen molar-refractivity contribution >= 4 is 17.7 Å². The van der Waals surface area contributed by atoms with Crippen LogP contribution in [0.15, 0.2) is 53.7 Å². The molecule has 0 bridgehead atoms. The molecule has 32 heavy (non-hydrogen) atoms. The Morgan fingerprint density at radius 1 is 1.09 bits per heavy atom. The molecule has 0 unspecified atom stereocenters. The van der Waals surface area contributed by atoms with Crippen LogP contribution in [0.1, 0.15) is 32.6 Å². The number of nitrogens with zero attached hydrogens (tertiary/aromatic N) is 4. The molecule has 2 aliphatic heterocycles. The number of amides is 1. The largest absolute Gasteiger partial charge is 0.454 e. The zero-order valence-corrected chi connectivity index (χ0v) is 18.9. The van der Waals surface area contributed by atoms with Gasteiger partial charge in [0.25, 0.3) is 0 Å². The third kappa shape index (κ3) is 4.07. The molecule has 0 radical (unpaired) electrons. The minimum Gasteiger partial charge on any atom is -0.454 e. The molecule has 1 atom stereocenters. The molecule has 1 saturated heterocycles. The van der Waals surface area contributed by atoms with Crippen LogP contribution in [0.2, 0.25) is 0 Å². The lowest BCUT2D eigenvalue weighted by Crippen LogP contribution is -2.44. The van der Waals surface area contributed by atoms with Crippen LogP contribution in [0.25, 0.3) is 17.1 Å². The number of ether oxygens (including phenoxy) is 2. The lowest BCUT2D eigenvalue weighted by molar-refractivity contribution is -0.132. The second-order valence-electron chi connectivity index (χ2n) is 7.98. The van der Waals surface area contributed by atoms with Crippen molar-refractivity contribution in [2.24, 2.45) is 0 Å². The highest BCUT2D eigenvalue weighted by atomic mass is 32.2. The Kier molecular flexibility index (Phi) is 6.03. The first-order chi connectivity index (χ1) is 15.7. The van der Waals surface area contributed by atoms with E-state index in [0.717, 1.165) is 42.8 Å². The number of hydrogen-bond acceptors (Lipinski definition) is 6. The van der Waals surface area contributed by atoms with Crippen LogP contribution in [0.5, 0.6) is 11.5 Å². The van der Waals surface area contributed by atoms with Gasteiger partial charge in [-0.3, -0.25) is 9.36 Å². The van der Waals surface area contributed by atoms with Gasteiger partial charge in [-0.2, -0.15) is 0 Å². The maximum absolute atomic E-state index is 13.0. The number of carbonyl (C=O) groups is 1. The normalized spacial score (nSPS) is 17.5. The predicted octanol–water partition coefficient (Wildman–Crippen LogP) is 4.55. The molecular formula is C24H26N4O3S. The summed E-state index contributed by atoms with van der Waals surface area (Å²) in [5, 5.41) is 9.63. The van der Waals surface area contributed by atoms with Gasteiger partial charge < -0.3 is 14.4 Å². The summed E-state index contributed by atoms with van der Waals surface area (Å²) in [5.74, 6) is 2.65. The fourth-order valence-electron chi connectivity index (χ4n) is 4.36. The Morgan fingerprint density at radius 2 is 1.94 bits per heavy atom. The standard InChI is InChI=1S/C24H26N4O3S/c1-2-18-8-6-7-13-27(18)22(29)15-32-24-26-25-23(28(24)19-9-4-3-5-10-19)17-11-12-20-21(14-17)31-16-30-20/h3-5,9-12,14,18H,2,6-8,13,15-16H2,1H3/t18-/m1/s1. The van der Waals surface area contributed by atoms with Crippen LogP contribution in [0.3, 0.4) is 0 Å². The van der Waals surface area contributed by atoms with E-state index in [2.05, 4.69) is 22.0 Å². The molecule has 0 spiro atoms. The third-order valence-corrected chi connectivity index (χ3v) is 6.94. The summed E-state index contributed by atoms with van der Waals surface area (Å²) in [6.07, 6.45) is 4.39. The van der Waals surface area contributed by atoms with Gasteiger partial charge >= 0.3 is 0 Å². The molecule has 3 aromatic rings. The Bertz CT molecular complexity index is 1100. The fraction of sp³-hybridized carbons (Fsp3) is 0.375. The van der Waals surface area contributed by atoms with Crippen LogP contribution in [-0.4, -0.2) is 50.7 Å². The minimum atomic E-state index is 0.175. The van der Waals surface area contributed by atoms with Crippen molar-refractivity contribution < 1.29 is 14.3 Å². The number of likely N-dealkylation sites (tertiary alicyclic amines) is 1. The smallest absolute Gasteiger partial charge is 0.233 e. The van der Waals surface area contributed by atoms with Crippen molar-refractivity contribution in [3.05, 3.63) is 48.5 Å². The summed E-state index contributed by atoms with van der Waals surface area (Å²) in [5.41, 5.74) is 1.83. The molecule has 7 nitrogen and oxygen atoms in total. The number of benzene rings is 2. The van der Waals surface area contributed by atoms with Crippen LogP contribution in [0.4, 0.5) is 0 Å². The van der Waals surface area contributed by atoms with Crippen LogP contribution >= 0.6 is 11.8 Å². The molecule has 1 fully saturated rings. The van der Waals surface area contributed by atoms with Gasteiger partial charge in [-0.25, -0.2) is 0 Å². The summed E-state index contributed by atoms with van der Waals surface area (Å²) in [7, 11) is 0. The van der Waals surface area contributed by atoms with E-state index >= 15 is 0 Å². The summed E-state index contributed by atoms with van der Waals surface area (Å²) in [4.78, 5) is 15.1. The molecule has 166 valence electrons. The van der Waals surface area contributed by atoms with Crippen molar-refractivity contribution in [1.29, 1.82) is 0 Å². The van der Waals surface area contributed by atoms with Gasteiger partial charge in [0.05, 0.1) is 5.75 Å². The molecule has 2 aromatic carbocycles. The van der Waals surface area contributed by atoms with Gasteiger partial charge in [-0.1, -0.05) is 36.9 Å². The molecule has 8 heteroatoms. The molecule has 2 aliphatic rings. The number of para-hydroxylation sites is 1. The minimum absolute atomic E-state index is 0.175. The van der Waals surface area contributed by atoms with Crippen LogP contribution < -0.4 is 9.47 Å². The highest BCUT2D eigenvalue weighted by molar-refractivity contribution is 7.99. The average Bonchev–Trinajstić information content (AvgIpc) is 3.49. The van der Waals surface area contributed by atoms with E-state index in [1.807, 2.05) is 53.1 Å². The molecular weight excluding hydrogens is 424 g/mol. The Labute approximate surface area is 191 Å². The molecule has 0 N–H and O–H groups in total. The topological polar surface area (TPSA) is 69.5 Å². The highest BCUT2D eigenvalue weighted by Crippen LogP contribution is 2.37. The Hall–Kier alpha value is -3.00. The SMILES string of the molecule is CC[C@@H]1CCCCN1C(=O)CSc1nnc(-c2ccc3c(c2)OCO3)n1-c1ccccc1. The molecule has 1 amide bonds. The number of hydrogen-bond donors (Lipinski definition) is 0. The molecule has 5 rings (SSSR count). The zero-order valence-electron chi connectivity index (χ0n) is 18.1. The highest BCUT2D eigenvalue weighted by Gasteiger charge is 2.26. The zero-order chi connectivity index (χ0) is 21.9. The van der Waals surface area contributed by atoms with E-state index in [9.17, 15) is 4.79 Å². The first-order valence-corrected chi connectivity index (χ1v) is 12.1. The van der Waals surface area contributed by atoms with Crippen molar-refractivity contribution in [3.63, 3.8) is 0 Å². The first kappa shape index (κ1) is 20.9. The van der Waals surface area contributed by atoms with E-state index in [-0.39, 0.29) is 12.7 Å². The van der Waals surface area contributed by atoms with Gasteiger partial charge in [-0.05, 0) is 56.0 Å². The summed E-state index contributed by atoms with van der Waals surface area (Å²) in [6.45, 7) is 3.24. The number of fused-ring (bicyclic) bond motifs is 1.